The van der Waals surface area contributed by atoms with Gasteiger partial charge in [0.15, 0.2) is 0 Å². The van der Waals surface area contributed by atoms with Gasteiger partial charge in [0, 0.05) is 6.61 Å². The summed E-state index contributed by atoms with van der Waals surface area (Å²) in [5, 5.41) is 8.33. The van der Waals surface area contributed by atoms with E-state index in [0.717, 1.165) is 6.42 Å². The minimum absolute atomic E-state index is 0.0648. The van der Waals surface area contributed by atoms with Crippen LogP contribution in [0.2, 0.25) is 0 Å². The third-order valence-corrected chi connectivity index (χ3v) is 1.58. The molecule has 66 valence electrons. The molecule has 0 aromatic heterocycles. The largest absolute Gasteiger partial charge is 0.465 e. The molecule has 0 aromatic carbocycles. The monoisotopic (exact) mass is 160 g/mol. The Morgan fingerprint density at radius 3 is 2.18 bits per heavy atom. The molecule has 1 atom stereocenters. The van der Waals surface area contributed by atoms with Crippen molar-refractivity contribution in [2.24, 2.45) is 5.92 Å². The molecule has 1 aliphatic heterocycles. The minimum atomic E-state index is -0.0648. The molecule has 0 saturated carbocycles. The van der Waals surface area contributed by atoms with E-state index in [1.54, 1.807) is 0 Å². The maximum absolute atomic E-state index is 9.68. The second-order valence-corrected chi connectivity index (χ2v) is 2.67. The van der Waals surface area contributed by atoms with Gasteiger partial charge in [0.05, 0.1) is 6.42 Å². The van der Waals surface area contributed by atoms with Crippen molar-refractivity contribution >= 4 is 5.97 Å². The molecule has 1 heterocycles. The Hall–Kier alpha value is -0.570. The zero-order valence-electron chi connectivity index (χ0n) is 7.17. The van der Waals surface area contributed by atoms with Crippen molar-refractivity contribution in [3.8, 4) is 0 Å². The summed E-state index contributed by atoms with van der Waals surface area (Å²) in [6.07, 6.45) is 1.70. The highest BCUT2D eigenvalue weighted by atomic mass is 16.6. The predicted octanol–water partition coefficient (Wildman–Crippen LogP) is 0.958. The van der Waals surface area contributed by atoms with E-state index in [1.165, 1.54) is 0 Å². The fraction of sp³-hybridized carbons (Fsp3) is 0.875. The second-order valence-electron chi connectivity index (χ2n) is 2.67. The van der Waals surface area contributed by atoms with Crippen LogP contribution >= 0.6 is 0 Å². The van der Waals surface area contributed by atoms with Crippen molar-refractivity contribution in [1.29, 1.82) is 0 Å². The van der Waals surface area contributed by atoms with Crippen LogP contribution in [-0.4, -0.2) is 24.3 Å². The normalized spacial score (nSPS) is 17.2. The molecule has 0 spiro atoms. The van der Waals surface area contributed by atoms with Crippen molar-refractivity contribution < 1.29 is 14.6 Å². The molecule has 1 unspecified atom stereocenters. The Kier molecular flexibility index (Phi) is 5.84. The van der Waals surface area contributed by atoms with Crippen LogP contribution in [-0.2, 0) is 9.53 Å². The number of hydrogen-bond donors (Lipinski definition) is 1. The number of hydrogen-bond acceptors (Lipinski definition) is 3. The first-order chi connectivity index (χ1) is 5.20. The zero-order chi connectivity index (χ0) is 8.69. The standard InChI is InChI=1S/C5H12O.C3H4O2/c1-3-5(2)4-6;4-3-1-2-5-3/h5-6H,3-4H2,1-2H3;1-2H2. The molecular weight excluding hydrogens is 144 g/mol. The Bertz CT molecular complexity index is 102. The molecule has 3 heteroatoms. The highest BCUT2D eigenvalue weighted by Crippen LogP contribution is 1.97. The molecule has 1 saturated heterocycles. The first-order valence-corrected chi connectivity index (χ1v) is 3.97. The average Bonchev–Trinajstić information content (AvgIpc) is 2.00. The van der Waals surface area contributed by atoms with Gasteiger partial charge in [-0.3, -0.25) is 4.79 Å². The summed E-state index contributed by atoms with van der Waals surface area (Å²) in [6.45, 7) is 5.07. The van der Waals surface area contributed by atoms with Crippen LogP contribution in [0.4, 0.5) is 0 Å². The van der Waals surface area contributed by atoms with Crippen molar-refractivity contribution in [3.05, 3.63) is 0 Å². The van der Waals surface area contributed by atoms with Crippen LogP contribution < -0.4 is 0 Å². The van der Waals surface area contributed by atoms with Crippen molar-refractivity contribution in [3.63, 3.8) is 0 Å². The maximum Gasteiger partial charge on any atom is 0.309 e. The van der Waals surface area contributed by atoms with Crippen LogP contribution in [0.5, 0.6) is 0 Å². The van der Waals surface area contributed by atoms with E-state index in [-0.39, 0.29) is 5.97 Å². The van der Waals surface area contributed by atoms with Gasteiger partial charge < -0.3 is 9.84 Å². The molecule has 0 aliphatic carbocycles. The molecule has 1 rings (SSSR count). The second kappa shape index (κ2) is 6.16. The summed E-state index contributed by atoms with van der Waals surface area (Å²) < 4.78 is 4.29. The number of aliphatic hydroxyl groups is 1. The number of cyclic esters (lactones) is 1. The van der Waals surface area contributed by atoms with E-state index in [4.69, 9.17) is 5.11 Å². The van der Waals surface area contributed by atoms with E-state index in [9.17, 15) is 4.79 Å². The number of esters is 1. The summed E-state index contributed by atoms with van der Waals surface area (Å²) >= 11 is 0. The number of ether oxygens (including phenoxy) is 1. The smallest absolute Gasteiger partial charge is 0.309 e. The van der Waals surface area contributed by atoms with E-state index in [0.29, 0.717) is 25.6 Å². The van der Waals surface area contributed by atoms with Gasteiger partial charge >= 0.3 is 5.97 Å². The van der Waals surface area contributed by atoms with Crippen LogP contribution in [0.3, 0.4) is 0 Å². The molecule has 1 aliphatic rings. The average molecular weight is 160 g/mol. The van der Waals surface area contributed by atoms with Gasteiger partial charge in [-0.15, -0.1) is 0 Å². The maximum atomic E-state index is 9.68. The SMILES string of the molecule is CCC(C)CO.O=C1CCO1. The summed E-state index contributed by atoms with van der Waals surface area (Å²) in [4.78, 5) is 9.68. The first kappa shape index (κ1) is 10.4. The molecule has 0 bridgehead atoms. The van der Waals surface area contributed by atoms with E-state index < -0.39 is 0 Å². The lowest BCUT2D eigenvalue weighted by molar-refractivity contribution is -0.157. The highest BCUT2D eigenvalue weighted by molar-refractivity contribution is 5.73. The van der Waals surface area contributed by atoms with E-state index in [1.807, 2.05) is 6.92 Å². The van der Waals surface area contributed by atoms with Gasteiger partial charge in [-0.2, -0.15) is 0 Å². The van der Waals surface area contributed by atoms with Crippen molar-refractivity contribution in [1.82, 2.24) is 0 Å². The van der Waals surface area contributed by atoms with Crippen molar-refractivity contribution in [2.75, 3.05) is 13.2 Å². The summed E-state index contributed by atoms with van der Waals surface area (Å²) in [7, 11) is 0. The minimum Gasteiger partial charge on any atom is -0.465 e. The lowest BCUT2D eigenvalue weighted by Gasteiger charge is -2.09. The van der Waals surface area contributed by atoms with Crippen LogP contribution in [0, 0.1) is 5.92 Å². The molecule has 0 amide bonds. The molecule has 1 fully saturated rings. The van der Waals surface area contributed by atoms with Gasteiger partial charge in [-0.25, -0.2) is 0 Å². The van der Waals surface area contributed by atoms with Crippen LogP contribution in [0.1, 0.15) is 26.7 Å². The summed E-state index contributed by atoms with van der Waals surface area (Å²) in [5.74, 6) is 0.426. The van der Waals surface area contributed by atoms with Gasteiger partial charge in [-0.05, 0) is 5.92 Å². The third kappa shape index (κ3) is 5.85. The number of carbonyl (C=O) groups excluding carboxylic acids is 1. The lowest BCUT2D eigenvalue weighted by Crippen LogP contribution is -2.18. The van der Waals surface area contributed by atoms with E-state index in [2.05, 4.69) is 11.7 Å². The van der Waals surface area contributed by atoms with Crippen molar-refractivity contribution in [2.45, 2.75) is 26.7 Å². The number of rotatable bonds is 2. The van der Waals surface area contributed by atoms with Crippen LogP contribution in [0.15, 0.2) is 0 Å². The van der Waals surface area contributed by atoms with Gasteiger partial charge in [0.1, 0.15) is 6.61 Å². The first-order valence-electron chi connectivity index (χ1n) is 3.97. The van der Waals surface area contributed by atoms with Gasteiger partial charge in [0.25, 0.3) is 0 Å². The Morgan fingerprint density at radius 1 is 1.73 bits per heavy atom. The molecule has 3 nitrogen and oxygen atoms in total. The fourth-order valence-corrected chi connectivity index (χ4v) is 0.314. The quantitative estimate of drug-likeness (QED) is 0.612. The molecular formula is C8H16O3. The highest BCUT2D eigenvalue weighted by Gasteiger charge is 2.10. The third-order valence-electron chi connectivity index (χ3n) is 1.58. The zero-order valence-corrected chi connectivity index (χ0v) is 7.17. The summed E-state index contributed by atoms with van der Waals surface area (Å²) in [5.41, 5.74) is 0. The predicted molar refractivity (Wildman–Crippen MR) is 42.1 cm³/mol. The number of aliphatic hydroxyl groups excluding tert-OH is 1. The van der Waals surface area contributed by atoms with E-state index >= 15 is 0 Å². The number of carbonyl (C=O) groups is 1. The summed E-state index contributed by atoms with van der Waals surface area (Å²) in [6, 6.07) is 0. The van der Waals surface area contributed by atoms with Crippen LogP contribution in [0.25, 0.3) is 0 Å². The lowest BCUT2D eigenvalue weighted by atomic mass is 10.1. The molecule has 0 radical (unpaired) electrons. The molecule has 0 aromatic rings. The van der Waals surface area contributed by atoms with Gasteiger partial charge in [-0.1, -0.05) is 20.3 Å². The molecule has 1 N–H and O–H groups in total. The Labute approximate surface area is 67.4 Å². The molecule has 11 heavy (non-hydrogen) atoms. The topological polar surface area (TPSA) is 46.5 Å². The fourth-order valence-electron chi connectivity index (χ4n) is 0.314. The Balaban J connectivity index is 0.000000183. The Morgan fingerprint density at radius 2 is 2.18 bits per heavy atom. The van der Waals surface area contributed by atoms with Gasteiger partial charge in [0.2, 0.25) is 0 Å².